The third kappa shape index (κ3) is 6.37. The number of aromatic nitrogens is 1. The predicted octanol–water partition coefficient (Wildman–Crippen LogP) is 5.73. The maximum atomic E-state index is 12.4. The van der Waals surface area contributed by atoms with Gasteiger partial charge in [-0.2, -0.15) is 0 Å². The zero-order chi connectivity index (χ0) is 22.4. The SMILES string of the molecule is CC(=O)Nc1cc(/C=C/c2ccc(OC(=O)c3ccc(C(C)(C)C)cc3)cc2)ccn1. The van der Waals surface area contributed by atoms with Crippen LogP contribution in [-0.4, -0.2) is 16.9 Å². The van der Waals surface area contributed by atoms with E-state index in [-0.39, 0.29) is 17.3 Å². The zero-order valence-corrected chi connectivity index (χ0v) is 18.2. The van der Waals surface area contributed by atoms with Crippen LogP contribution in [0.15, 0.2) is 66.9 Å². The number of hydrogen-bond acceptors (Lipinski definition) is 4. The van der Waals surface area contributed by atoms with Crippen molar-refractivity contribution >= 4 is 29.8 Å². The number of pyridine rings is 1. The summed E-state index contributed by atoms with van der Waals surface area (Å²) in [5.74, 6) is 0.446. The topological polar surface area (TPSA) is 68.3 Å². The smallest absolute Gasteiger partial charge is 0.343 e. The van der Waals surface area contributed by atoms with E-state index < -0.39 is 0 Å². The maximum absolute atomic E-state index is 12.4. The number of esters is 1. The molecule has 1 heterocycles. The first-order valence-electron chi connectivity index (χ1n) is 10.1. The summed E-state index contributed by atoms with van der Waals surface area (Å²) in [5.41, 5.74) is 3.58. The first kappa shape index (κ1) is 22.0. The van der Waals surface area contributed by atoms with Crippen LogP contribution in [0.4, 0.5) is 5.82 Å². The molecule has 1 N–H and O–H groups in total. The Balaban J connectivity index is 1.63. The van der Waals surface area contributed by atoms with Gasteiger partial charge in [0.15, 0.2) is 0 Å². The van der Waals surface area contributed by atoms with E-state index in [9.17, 15) is 9.59 Å². The first-order valence-corrected chi connectivity index (χ1v) is 10.1. The average Bonchev–Trinajstić information content (AvgIpc) is 2.72. The quantitative estimate of drug-likeness (QED) is 0.428. The summed E-state index contributed by atoms with van der Waals surface area (Å²) >= 11 is 0. The molecule has 0 saturated carbocycles. The number of rotatable bonds is 5. The van der Waals surface area contributed by atoms with Gasteiger partial charge < -0.3 is 10.1 Å². The van der Waals surface area contributed by atoms with Gasteiger partial charge in [-0.3, -0.25) is 4.79 Å². The van der Waals surface area contributed by atoms with Crippen LogP contribution in [0.3, 0.4) is 0 Å². The molecule has 0 spiro atoms. The van der Waals surface area contributed by atoms with Crippen molar-refractivity contribution in [3.63, 3.8) is 0 Å². The van der Waals surface area contributed by atoms with E-state index in [1.54, 1.807) is 36.5 Å². The number of anilines is 1. The molecular formula is C26H26N2O3. The van der Waals surface area contributed by atoms with Crippen molar-refractivity contribution in [3.8, 4) is 5.75 Å². The molecule has 5 nitrogen and oxygen atoms in total. The number of hydrogen-bond donors (Lipinski definition) is 1. The Morgan fingerprint density at radius 1 is 0.903 bits per heavy atom. The molecule has 158 valence electrons. The van der Waals surface area contributed by atoms with Crippen molar-refractivity contribution < 1.29 is 14.3 Å². The molecule has 0 bridgehead atoms. The summed E-state index contributed by atoms with van der Waals surface area (Å²) in [5, 5.41) is 2.66. The van der Waals surface area contributed by atoms with Gasteiger partial charge in [-0.05, 0) is 58.5 Å². The largest absolute Gasteiger partial charge is 0.423 e. The van der Waals surface area contributed by atoms with Crippen LogP contribution in [-0.2, 0) is 10.2 Å². The predicted molar refractivity (Wildman–Crippen MR) is 124 cm³/mol. The van der Waals surface area contributed by atoms with Gasteiger partial charge in [-0.15, -0.1) is 0 Å². The Kier molecular flexibility index (Phi) is 6.65. The van der Waals surface area contributed by atoms with Crippen LogP contribution < -0.4 is 10.1 Å². The van der Waals surface area contributed by atoms with Gasteiger partial charge in [0, 0.05) is 13.1 Å². The molecule has 0 radical (unpaired) electrons. The van der Waals surface area contributed by atoms with Gasteiger partial charge in [0.25, 0.3) is 0 Å². The molecule has 2 aromatic carbocycles. The minimum absolute atomic E-state index is 0.0353. The number of carbonyl (C=O) groups is 2. The van der Waals surface area contributed by atoms with Crippen molar-refractivity contribution in [2.45, 2.75) is 33.1 Å². The molecule has 1 aromatic heterocycles. The molecule has 3 rings (SSSR count). The highest BCUT2D eigenvalue weighted by molar-refractivity contribution is 5.91. The van der Waals surface area contributed by atoms with E-state index >= 15 is 0 Å². The van der Waals surface area contributed by atoms with Crippen molar-refractivity contribution in [1.82, 2.24) is 4.98 Å². The lowest BCUT2D eigenvalue weighted by molar-refractivity contribution is -0.114. The summed E-state index contributed by atoms with van der Waals surface area (Å²) in [6.07, 6.45) is 5.50. The molecular weight excluding hydrogens is 388 g/mol. The number of benzene rings is 2. The standard InChI is InChI=1S/C26H26N2O3/c1-18(29)28-24-17-20(15-16-27-24)6-5-19-7-13-23(14-8-19)31-25(30)21-9-11-22(12-10-21)26(2,3)4/h5-17H,1-4H3,(H,27,28,29)/b6-5+. The second-order valence-electron chi connectivity index (χ2n) is 8.27. The minimum Gasteiger partial charge on any atom is -0.423 e. The van der Waals surface area contributed by atoms with Crippen molar-refractivity contribution in [2.75, 3.05) is 5.32 Å². The highest BCUT2D eigenvalue weighted by Crippen LogP contribution is 2.23. The van der Waals surface area contributed by atoms with E-state index in [2.05, 4.69) is 31.1 Å². The van der Waals surface area contributed by atoms with E-state index in [4.69, 9.17) is 4.74 Å². The summed E-state index contributed by atoms with van der Waals surface area (Å²) < 4.78 is 5.48. The average molecular weight is 415 g/mol. The number of ether oxygens (including phenoxy) is 1. The molecule has 0 unspecified atom stereocenters. The molecule has 0 saturated heterocycles. The highest BCUT2D eigenvalue weighted by atomic mass is 16.5. The van der Waals surface area contributed by atoms with E-state index in [0.29, 0.717) is 17.1 Å². The maximum Gasteiger partial charge on any atom is 0.343 e. The monoisotopic (exact) mass is 414 g/mol. The number of nitrogens with one attached hydrogen (secondary N) is 1. The number of carbonyl (C=O) groups excluding carboxylic acids is 2. The van der Waals surface area contributed by atoms with Crippen LogP contribution in [0, 0.1) is 0 Å². The van der Waals surface area contributed by atoms with Gasteiger partial charge >= 0.3 is 5.97 Å². The number of amides is 1. The van der Waals surface area contributed by atoms with Gasteiger partial charge in [0.2, 0.25) is 5.91 Å². The first-order chi connectivity index (χ1) is 14.7. The van der Waals surface area contributed by atoms with Gasteiger partial charge in [0.1, 0.15) is 11.6 Å². The van der Waals surface area contributed by atoms with Gasteiger partial charge in [-0.25, -0.2) is 9.78 Å². The fourth-order valence-electron chi connectivity index (χ4n) is 2.91. The van der Waals surface area contributed by atoms with E-state index in [0.717, 1.165) is 11.1 Å². The normalized spacial score (nSPS) is 11.4. The summed E-state index contributed by atoms with van der Waals surface area (Å²) in [4.78, 5) is 27.7. The van der Waals surface area contributed by atoms with Crippen LogP contribution >= 0.6 is 0 Å². The Hall–Kier alpha value is -3.73. The fourth-order valence-corrected chi connectivity index (χ4v) is 2.91. The lowest BCUT2D eigenvalue weighted by Gasteiger charge is -2.18. The summed E-state index contributed by atoms with van der Waals surface area (Å²) in [6.45, 7) is 7.84. The fraction of sp³-hybridized carbons (Fsp3) is 0.192. The summed E-state index contributed by atoms with van der Waals surface area (Å²) in [7, 11) is 0. The van der Waals surface area contributed by atoms with Crippen LogP contribution in [0.5, 0.6) is 5.75 Å². The second-order valence-corrected chi connectivity index (χ2v) is 8.27. The zero-order valence-electron chi connectivity index (χ0n) is 18.2. The molecule has 0 fully saturated rings. The minimum atomic E-state index is -0.383. The molecule has 5 heteroatoms. The van der Waals surface area contributed by atoms with E-state index in [1.165, 1.54) is 12.5 Å². The summed E-state index contributed by atoms with van der Waals surface area (Å²) in [6, 6.07) is 18.4. The Morgan fingerprint density at radius 3 is 2.16 bits per heavy atom. The molecule has 3 aromatic rings. The van der Waals surface area contributed by atoms with E-state index in [1.807, 2.05) is 42.5 Å². The molecule has 0 atom stereocenters. The number of nitrogens with zero attached hydrogens (tertiary/aromatic N) is 1. The third-order valence-corrected chi connectivity index (χ3v) is 4.63. The van der Waals surface area contributed by atoms with Crippen LogP contribution in [0.25, 0.3) is 12.2 Å². The molecule has 31 heavy (non-hydrogen) atoms. The van der Waals surface area contributed by atoms with Crippen molar-refractivity contribution in [2.24, 2.45) is 0 Å². The second kappa shape index (κ2) is 9.39. The van der Waals surface area contributed by atoms with Crippen molar-refractivity contribution in [3.05, 3.63) is 89.1 Å². The van der Waals surface area contributed by atoms with Gasteiger partial charge in [-0.1, -0.05) is 57.2 Å². The third-order valence-electron chi connectivity index (χ3n) is 4.63. The molecule has 0 aliphatic rings. The lowest BCUT2D eigenvalue weighted by Crippen LogP contribution is -2.12. The van der Waals surface area contributed by atoms with Crippen LogP contribution in [0.1, 0.15) is 54.7 Å². The molecule has 0 aliphatic carbocycles. The highest BCUT2D eigenvalue weighted by Gasteiger charge is 2.15. The molecule has 0 aliphatic heterocycles. The Morgan fingerprint density at radius 2 is 1.55 bits per heavy atom. The van der Waals surface area contributed by atoms with Crippen LogP contribution in [0.2, 0.25) is 0 Å². The molecule has 1 amide bonds. The Bertz CT molecular complexity index is 1090. The Labute approximate surface area is 182 Å². The van der Waals surface area contributed by atoms with Crippen molar-refractivity contribution in [1.29, 1.82) is 0 Å². The lowest BCUT2D eigenvalue weighted by atomic mass is 9.87. The van der Waals surface area contributed by atoms with Gasteiger partial charge in [0.05, 0.1) is 5.56 Å².